The lowest BCUT2D eigenvalue weighted by Gasteiger charge is -2.38. The predicted molar refractivity (Wildman–Crippen MR) is 115 cm³/mol. The Morgan fingerprint density at radius 1 is 1.00 bits per heavy atom. The van der Waals surface area contributed by atoms with Crippen molar-refractivity contribution in [3.63, 3.8) is 0 Å². The van der Waals surface area contributed by atoms with E-state index in [1.54, 1.807) is 6.92 Å². The van der Waals surface area contributed by atoms with Gasteiger partial charge in [-0.25, -0.2) is 22.0 Å². The van der Waals surface area contributed by atoms with Gasteiger partial charge in [0.25, 0.3) is 5.91 Å². The number of benzene rings is 2. The highest BCUT2D eigenvalue weighted by atomic mass is 32.2. The summed E-state index contributed by atoms with van der Waals surface area (Å²) in [5.41, 5.74) is -1.06. The minimum Gasteiger partial charge on any atom is -0.478 e. The van der Waals surface area contributed by atoms with Crippen molar-refractivity contribution in [3.05, 3.63) is 59.2 Å². The molecule has 2 aromatic carbocycles. The van der Waals surface area contributed by atoms with Crippen LogP contribution >= 0.6 is 0 Å². The van der Waals surface area contributed by atoms with E-state index in [9.17, 15) is 31.9 Å². The van der Waals surface area contributed by atoms with E-state index in [4.69, 9.17) is 4.74 Å². The van der Waals surface area contributed by atoms with E-state index in [-0.39, 0.29) is 42.4 Å². The molecule has 8 nitrogen and oxygen atoms in total. The molecule has 33 heavy (non-hydrogen) atoms. The monoisotopic (exact) mass is 482 g/mol. The predicted octanol–water partition coefficient (Wildman–Crippen LogP) is 2.66. The second-order valence-corrected chi connectivity index (χ2v) is 10.1. The number of aryl methyl sites for hydroxylation is 1. The van der Waals surface area contributed by atoms with Crippen molar-refractivity contribution < 1.29 is 36.6 Å². The Bertz CT molecular complexity index is 1190. The minimum absolute atomic E-state index is 0.00557. The van der Waals surface area contributed by atoms with E-state index in [1.165, 1.54) is 41.3 Å². The quantitative estimate of drug-likeness (QED) is 0.679. The van der Waals surface area contributed by atoms with Crippen LogP contribution in [0.25, 0.3) is 0 Å². The van der Waals surface area contributed by atoms with Crippen LogP contribution in [0.15, 0.2) is 41.3 Å². The Hall–Kier alpha value is -3.05. The number of piperazine rings is 1. The molecule has 1 saturated heterocycles. The molecule has 0 spiro atoms. The molecule has 1 aliphatic heterocycles. The van der Waals surface area contributed by atoms with Gasteiger partial charge in [0, 0.05) is 32.2 Å². The Balaban J connectivity index is 1.69. The fraction of sp³-hybridized carbons (Fsp3) is 0.364. The summed E-state index contributed by atoms with van der Waals surface area (Å²) in [5, 5.41) is 9.27. The third-order valence-electron chi connectivity index (χ3n) is 5.38. The van der Waals surface area contributed by atoms with Gasteiger partial charge in [-0.05, 0) is 50.6 Å². The summed E-state index contributed by atoms with van der Waals surface area (Å²) >= 11 is 0. The van der Waals surface area contributed by atoms with Gasteiger partial charge in [-0.2, -0.15) is 4.31 Å². The first-order valence-electron chi connectivity index (χ1n) is 10.1. The van der Waals surface area contributed by atoms with Gasteiger partial charge in [0.1, 0.15) is 5.75 Å². The first-order chi connectivity index (χ1) is 15.3. The van der Waals surface area contributed by atoms with E-state index in [1.807, 2.05) is 0 Å². The number of carboxylic acid groups (broad SMARTS) is 1. The number of carbonyl (C=O) groups excluding carboxylic acids is 1. The minimum atomic E-state index is -3.95. The number of nitrogens with zero attached hydrogens (tertiary/aromatic N) is 2. The Morgan fingerprint density at radius 2 is 1.64 bits per heavy atom. The number of sulfonamides is 1. The van der Waals surface area contributed by atoms with E-state index in [0.29, 0.717) is 5.56 Å². The van der Waals surface area contributed by atoms with Gasteiger partial charge in [-0.3, -0.25) is 4.79 Å². The Morgan fingerprint density at radius 3 is 2.21 bits per heavy atom. The lowest BCUT2D eigenvalue weighted by Crippen LogP contribution is -2.56. The fourth-order valence-corrected chi connectivity index (χ4v) is 4.98. The molecule has 1 N–H and O–H groups in total. The molecule has 0 unspecified atom stereocenters. The van der Waals surface area contributed by atoms with Gasteiger partial charge in [-0.1, -0.05) is 6.07 Å². The van der Waals surface area contributed by atoms with Crippen LogP contribution in [0.2, 0.25) is 0 Å². The van der Waals surface area contributed by atoms with Crippen LogP contribution in [0.4, 0.5) is 8.78 Å². The van der Waals surface area contributed by atoms with Gasteiger partial charge in [-0.15, -0.1) is 0 Å². The van der Waals surface area contributed by atoms with E-state index in [0.717, 1.165) is 18.2 Å². The summed E-state index contributed by atoms with van der Waals surface area (Å²) < 4.78 is 59.3. The molecule has 3 rings (SSSR count). The maximum atomic E-state index is 13.5. The molecule has 2 aromatic rings. The maximum Gasteiger partial charge on any atom is 0.335 e. The molecule has 0 radical (unpaired) electrons. The largest absolute Gasteiger partial charge is 0.478 e. The number of aromatic carboxylic acids is 1. The van der Waals surface area contributed by atoms with E-state index in [2.05, 4.69) is 0 Å². The SMILES string of the molecule is Cc1ccc(S(=O)(=O)N2CCN(C(=O)C(C)(C)Oc3ccc(F)c(F)c3)CC2)cc1C(=O)O. The summed E-state index contributed by atoms with van der Waals surface area (Å²) in [4.78, 5) is 25.6. The third-order valence-corrected chi connectivity index (χ3v) is 7.28. The van der Waals surface area contributed by atoms with Crippen molar-refractivity contribution in [1.82, 2.24) is 9.21 Å². The Labute approximate surface area is 190 Å². The number of carbonyl (C=O) groups is 2. The molecule has 0 aromatic heterocycles. The van der Waals surface area contributed by atoms with Crippen molar-refractivity contribution in [2.75, 3.05) is 26.2 Å². The molecule has 1 heterocycles. The zero-order valence-corrected chi connectivity index (χ0v) is 19.2. The van der Waals surface area contributed by atoms with Crippen LogP contribution in [-0.2, 0) is 14.8 Å². The average molecular weight is 483 g/mol. The summed E-state index contributed by atoms with van der Waals surface area (Å²) in [6.45, 7) is 4.73. The highest BCUT2D eigenvalue weighted by molar-refractivity contribution is 7.89. The van der Waals surface area contributed by atoms with Gasteiger partial charge >= 0.3 is 5.97 Å². The maximum absolute atomic E-state index is 13.5. The van der Waals surface area contributed by atoms with Crippen LogP contribution in [0.5, 0.6) is 5.75 Å². The van der Waals surface area contributed by atoms with Gasteiger partial charge in [0.05, 0.1) is 10.5 Å². The fourth-order valence-electron chi connectivity index (χ4n) is 3.53. The second-order valence-electron chi connectivity index (χ2n) is 8.17. The van der Waals surface area contributed by atoms with Crippen molar-refractivity contribution in [2.45, 2.75) is 31.3 Å². The van der Waals surface area contributed by atoms with Gasteiger partial charge in [0.2, 0.25) is 10.0 Å². The summed E-state index contributed by atoms with van der Waals surface area (Å²) in [6, 6.07) is 6.88. The van der Waals surface area contributed by atoms with Crippen molar-refractivity contribution in [3.8, 4) is 5.75 Å². The number of amides is 1. The first kappa shape index (κ1) is 24.6. The number of halogens is 2. The molecule has 0 saturated carbocycles. The van der Waals surface area contributed by atoms with Crippen molar-refractivity contribution in [2.24, 2.45) is 0 Å². The first-order valence-corrected chi connectivity index (χ1v) is 11.5. The summed E-state index contributed by atoms with van der Waals surface area (Å²) in [7, 11) is -3.95. The smallest absolute Gasteiger partial charge is 0.335 e. The highest BCUT2D eigenvalue weighted by Crippen LogP contribution is 2.25. The number of hydrogen-bond donors (Lipinski definition) is 1. The number of rotatable bonds is 6. The summed E-state index contributed by atoms with van der Waals surface area (Å²) in [6.07, 6.45) is 0. The standard InChI is InChI=1S/C22H24F2N2O6S/c1-14-4-6-16(13-17(14)20(27)28)33(30,31)26-10-8-25(9-11-26)21(29)22(2,3)32-15-5-7-18(23)19(24)12-15/h4-7,12-13H,8-11H2,1-3H3,(H,27,28). The zero-order valence-electron chi connectivity index (χ0n) is 18.3. The van der Waals surface area contributed by atoms with E-state index >= 15 is 0 Å². The molecule has 0 bridgehead atoms. The average Bonchev–Trinajstić information content (AvgIpc) is 2.75. The number of carboxylic acids is 1. The highest BCUT2D eigenvalue weighted by Gasteiger charge is 2.38. The van der Waals surface area contributed by atoms with Crippen molar-refractivity contribution in [1.29, 1.82) is 0 Å². The van der Waals surface area contributed by atoms with Gasteiger partial charge < -0.3 is 14.7 Å². The molecule has 0 atom stereocenters. The second kappa shape index (κ2) is 9.06. The molecular weight excluding hydrogens is 458 g/mol. The lowest BCUT2D eigenvalue weighted by atomic mass is 10.1. The van der Waals surface area contributed by atoms with Crippen LogP contribution < -0.4 is 4.74 Å². The third kappa shape index (κ3) is 5.14. The molecule has 1 fully saturated rings. The molecular formula is C22H24F2N2O6S. The molecule has 178 valence electrons. The van der Waals surface area contributed by atoms with Crippen LogP contribution in [0, 0.1) is 18.6 Å². The topological polar surface area (TPSA) is 104 Å². The number of ether oxygens (including phenoxy) is 1. The van der Waals surface area contributed by atoms with Crippen LogP contribution in [-0.4, -0.2) is 66.4 Å². The normalized spacial score (nSPS) is 15.4. The molecule has 0 aliphatic carbocycles. The van der Waals surface area contributed by atoms with Gasteiger partial charge in [0.15, 0.2) is 17.2 Å². The zero-order chi connectivity index (χ0) is 24.6. The molecule has 1 aliphatic rings. The van der Waals surface area contributed by atoms with E-state index < -0.39 is 39.1 Å². The molecule has 1 amide bonds. The molecule has 11 heteroatoms. The summed E-state index contributed by atoms with van der Waals surface area (Å²) in [5.74, 6) is -3.80. The Kier molecular flexibility index (Phi) is 6.75. The number of hydrogen-bond acceptors (Lipinski definition) is 5. The van der Waals surface area contributed by atoms with Crippen LogP contribution in [0.1, 0.15) is 29.8 Å². The van der Waals surface area contributed by atoms with Crippen LogP contribution in [0.3, 0.4) is 0 Å². The van der Waals surface area contributed by atoms with Crippen molar-refractivity contribution >= 4 is 21.9 Å². The lowest BCUT2D eigenvalue weighted by molar-refractivity contribution is -0.146.